The molecular weight excluding hydrogens is 288 g/mol. The molecule has 21 heavy (non-hydrogen) atoms. The number of nitrogens with zero attached hydrogens (tertiary/aromatic N) is 1. The summed E-state index contributed by atoms with van der Waals surface area (Å²) in [6, 6.07) is 3.77. The molecule has 0 atom stereocenters. The molecule has 6 heteroatoms. The highest BCUT2D eigenvalue weighted by Gasteiger charge is 2.17. The number of hydrogen-bond donors (Lipinski definition) is 1. The standard InChI is InChI=1S/C15H20N2O3S/c1-9(2)11-8-16-15(21)17(11)10-6-12(18-3)14(20-5)13(7-10)19-4/h6-9H,1-5H3,(H,16,21). The molecule has 0 fully saturated rings. The van der Waals surface area contributed by atoms with Crippen molar-refractivity contribution >= 4 is 12.2 Å². The number of aromatic amines is 1. The van der Waals surface area contributed by atoms with Crippen LogP contribution in [0, 0.1) is 4.77 Å². The third-order valence-electron chi connectivity index (χ3n) is 3.30. The Bertz CT molecular complexity index is 663. The normalized spacial score (nSPS) is 10.8. The van der Waals surface area contributed by atoms with E-state index in [2.05, 4.69) is 18.8 Å². The number of ether oxygens (including phenoxy) is 3. The number of hydrogen-bond acceptors (Lipinski definition) is 4. The summed E-state index contributed by atoms with van der Waals surface area (Å²) < 4.78 is 18.7. The summed E-state index contributed by atoms with van der Waals surface area (Å²) in [7, 11) is 4.78. The largest absolute Gasteiger partial charge is 0.493 e. The molecule has 0 aliphatic rings. The van der Waals surface area contributed by atoms with Crippen LogP contribution in [-0.4, -0.2) is 30.9 Å². The average Bonchev–Trinajstić information content (AvgIpc) is 2.87. The van der Waals surface area contributed by atoms with E-state index in [0.29, 0.717) is 27.9 Å². The van der Waals surface area contributed by atoms with E-state index >= 15 is 0 Å². The van der Waals surface area contributed by atoms with Crippen molar-refractivity contribution in [3.63, 3.8) is 0 Å². The average molecular weight is 308 g/mol. The molecule has 0 unspecified atom stereocenters. The van der Waals surface area contributed by atoms with Gasteiger partial charge in [-0.2, -0.15) is 0 Å². The predicted octanol–water partition coefficient (Wildman–Crippen LogP) is 3.68. The minimum absolute atomic E-state index is 0.331. The van der Waals surface area contributed by atoms with Gasteiger partial charge in [-0.3, -0.25) is 4.57 Å². The molecule has 1 aromatic carbocycles. The highest BCUT2D eigenvalue weighted by atomic mass is 32.1. The number of rotatable bonds is 5. The molecule has 2 aromatic rings. The van der Waals surface area contributed by atoms with E-state index in [4.69, 9.17) is 26.4 Å². The van der Waals surface area contributed by atoms with Crippen molar-refractivity contribution in [2.24, 2.45) is 0 Å². The maximum Gasteiger partial charge on any atom is 0.203 e. The third kappa shape index (κ3) is 2.76. The first kappa shape index (κ1) is 15.4. The lowest BCUT2D eigenvalue weighted by atomic mass is 10.1. The number of imidazole rings is 1. The summed E-state index contributed by atoms with van der Waals surface area (Å²) in [5.74, 6) is 2.10. The number of methoxy groups -OCH3 is 3. The fourth-order valence-electron chi connectivity index (χ4n) is 2.27. The van der Waals surface area contributed by atoms with Gasteiger partial charge in [0.15, 0.2) is 16.3 Å². The van der Waals surface area contributed by atoms with Crippen LogP contribution in [0.5, 0.6) is 17.2 Å². The first-order chi connectivity index (χ1) is 10.0. The second kappa shape index (κ2) is 6.22. The van der Waals surface area contributed by atoms with Crippen LogP contribution in [0.4, 0.5) is 0 Å². The molecule has 1 aromatic heterocycles. The smallest absolute Gasteiger partial charge is 0.203 e. The Morgan fingerprint density at radius 2 is 1.62 bits per heavy atom. The quantitative estimate of drug-likeness (QED) is 0.856. The minimum atomic E-state index is 0.331. The molecule has 1 N–H and O–H groups in total. The Labute approximate surface area is 129 Å². The van der Waals surface area contributed by atoms with Gasteiger partial charge in [0, 0.05) is 24.0 Å². The first-order valence-electron chi connectivity index (χ1n) is 6.64. The van der Waals surface area contributed by atoms with Crippen LogP contribution in [0.15, 0.2) is 18.3 Å². The third-order valence-corrected chi connectivity index (χ3v) is 3.60. The van der Waals surface area contributed by atoms with Gasteiger partial charge >= 0.3 is 0 Å². The van der Waals surface area contributed by atoms with Crippen molar-refractivity contribution in [1.29, 1.82) is 0 Å². The highest BCUT2D eigenvalue weighted by Crippen LogP contribution is 2.39. The summed E-state index contributed by atoms with van der Waals surface area (Å²) in [6.07, 6.45) is 1.93. The van der Waals surface area contributed by atoms with Crippen LogP contribution in [-0.2, 0) is 0 Å². The van der Waals surface area contributed by atoms with Crippen molar-refractivity contribution in [2.75, 3.05) is 21.3 Å². The van der Waals surface area contributed by atoms with E-state index in [0.717, 1.165) is 11.4 Å². The summed E-state index contributed by atoms with van der Waals surface area (Å²) >= 11 is 5.39. The Kier molecular flexibility index (Phi) is 4.57. The maximum absolute atomic E-state index is 5.40. The fraction of sp³-hybridized carbons (Fsp3) is 0.400. The summed E-state index contributed by atoms with van der Waals surface area (Å²) in [5.41, 5.74) is 1.97. The number of H-pyrrole nitrogens is 1. The van der Waals surface area contributed by atoms with E-state index in [1.165, 1.54) is 0 Å². The summed E-state index contributed by atoms with van der Waals surface area (Å²) in [5, 5.41) is 0. The first-order valence-corrected chi connectivity index (χ1v) is 7.05. The van der Waals surface area contributed by atoms with E-state index in [9.17, 15) is 0 Å². The second-order valence-electron chi connectivity index (χ2n) is 4.89. The zero-order valence-corrected chi connectivity index (χ0v) is 13.7. The molecule has 0 saturated heterocycles. The van der Waals surface area contributed by atoms with Crippen molar-refractivity contribution in [3.8, 4) is 22.9 Å². The molecule has 0 aliphatic carbocycles. The molecular formula is C15H20N2O3S. The van der Waals surface area contributed by atoms with Gasteiger partial charge in [-0.1, -0.05) is 13.8 Å². The van der Waals surface area contributed by atoms with Gasteiger partial charge in [-0.15, -0.1) is 0 Å². The maximum atomic E-state index is 5.40. The number of nitrogens with one attached hydrogen (secondary N) is 1. The Hall–Kier alpha value is -1.95. The molecule has 5 nitrogen and oxygen atoms in total. The van der Waals surface area contributed by atoms with E-state index in [1.807, 2.05) is 22.9 Å². The van der Waals surface area contributed by atoms with Gasteiger partial charge in [0.2, 0.25) is 5.75 Å². The monoisotopic (exact) mass is 308 g/mol. The highest BCUT2D eigenvalue weighted by molar-refractivity contribution is 7.71. The van der Waals surface area contributed by atoms with Crippen LogP contribution < -0.4 is 14.2 Å². The molecule has 0 radical (unpaired) electrons. The fourth-order valence-corrected chi connectivity index (χ4v) is 2.54. The Morgan fingerprint density at radius 1 is 1.05 bits per heavy atom. The van der Waals surface area contributed by atoms with Gasteiger partial charge in [0.1, 0.15) is 0 Å². The van der Waals surface area contributed by atoms with Crippen molar-refractivity contribution < 1.29 is 14.2 Å². The second-order valence-corrected chi connectivity index (χ2v) is 5.28. The number of aromatic nitrogens is 2. The zero-order chi connectivity index (χ0) is 15.6. The van der Waals surface area contributed by atoms with Crippen LogP contribution in [0.1, 0.15) is 25.5 Å². The van der Waals surface area contributed by atoms with Gasteiger partial charge in [-0.25, -0.2) is 0 Å². The van der Waals surface area contributed by atoms with Crippen molar-refractivity contribution in [3.05, 3.63) is 28.8 Å². The molecule has 1 heterocycles. The SMILES string of the molecule is COc1cc(-n2c(C(C)C)c[nH]c2=S)cc(OC)c1OC. The van der Waals surface area contributed by atoms with Crippen LogP contribution in [0.3, 0.4) is 0 Å². The van der Waals surface area contributed by atoms with Crippen LogP contribution in [0.2, 0.25) is 0 Å². The molecule has 0 saturated carbocycles. The lowest BCUT2D eigenvalue weighted by Gasteiger charge is -2.16. The lowest BCUT2D eigenvalue weighted by Crippen LogP contribution is -2.04. The Balaban J connectivity index is 2.71. The summed E-state index contributed by atoms with van der Waals surface area (Å²) in [6.45, 7) is 4.23. The lowest BCUT2D eigenvalue weighted by molar-refractivity contribution is 0.324. The van der Waals surface area contributed by atoms with E-state index in [-0.39, 0.29) is 0 Å². The minimum Gasteiger partial charge on any atom is -0.493 e. The van der Waals surface area contributed by atoms with Gasteiger partial charge in [0.05, 0.1) is 27.0 Å². The van der Waals surface area contributed by atoms with E-state index in [1.54, 1.807) is 21.3 Å². The predicted molar refractivity (Wildman–Crippen MR) is 84.7 cm³/mol. The summed E-state index contributed by atoms with van der Waals surface area (Å²) in [4.78, 5) is 3.09. The van der Waals surface area contributed by atoms with Gasteiger partial charge in [-0.05, 0) is 18.1 Å². The molecule has 0 bridgehead atoms. The Morgan fingerprint density at radius 3 is 2.05 bits per heavy atom. The molecule has 0 spiro atoms. The van der Waals surface area contributed by atoms with Gasteiger partial charge in [0.25, 0.3) is 0 Å². The van der Waals surface area contributed by atoms with Crippen molar-refractivity contribution in [1.82, 2.24) is 9.55 Å². The van der Waals surface area contributed by atoms with Gasteiger partial charge < -0.3 is 19.2 Å². The zero-order valence-electron chi connectivity index (χ0n) is 12.9. The molecule has 114 valence electrons. The van der Waals surface area contributed by atoms with E-state index < -0.39 is 0 Å². The molecule has 2 rings (SSSR count). The van der Waals surface area contributed by atoms with Crippen molar-refractivity contribution in [2.45, 2.75) is 19.8 Å². The number of benzene rings is 1. The van der Waals surface area contributed by atoms with Crippen LogP contribution >= 0.6 is 12.2 Å². The molecule has 0 aliphatic heterocycles. The molecule has 0 amide bonds. The van der Waals surface area contributed by atoms with Crippen LogP contribution in [0.25, 0.3) is 5.69 Å². The topological polar surface area (TPSA) is 48.4 Å².